The van der Waals surface area contributed by atoms with Crippen LogP contribution in [0.3, 0.4) is 0 Å². The van der Waals surface area contributed by atoms with Crippen LogP contribution in [0.2, 0.25) is 0 Å². The number of piperazine rings is 1. The minimum atomic E-state index is -3.60. The van der Waals surface area contributed by atoms with E-state index < -0.39 is 21.8 Å². The van der Waals surface area contributed by atoms with Crippen molar-refractivity contribution in [1.82, 2.24) is 14.1 Å². The molecule has 29 heavy (non-hydrogen) atoms. The van der Waals surface area contributed by atoms with Crippen molar-refractivity contribution in [2.75, 3.05) is 39.3 Å². The Bertz CT molecular complexity index is 861. The average molecular weight is 422 g/mol. The molecule has 8 nitrogen and oxygen atoms in total. The summed E-state index contributed by atoms with van der Waals surface area (Å²) in [5.74, 6) is -0.393. The monoisotopic (exact) mass is 421 g/mol. The van der Waals surface area contributed by atoms with Gasteiger partial charge in [0.05, 0.1) is 11.5 Å². The summed E-state index contributed by atoms with van der Waals surface area (Å²) < 4.78 is 32.6. The molecule has 158 valence electrons. The first-order valence-corrected chi connectivity index (χ1v) is 11.3. The maximum Gasteiger partial charge on any atom is 0.312 e. The minimum absolute atomic E-state index is 0.121. The fraction of sp³-hybridized carbons (Fsp3) is 0.500. The van der Waals surface area contributed by atoms with Crippen LogP contribution in [-0.2, 0) is 19.6 Å². The Kier molecular flexibility index (Phi) is 6.59. The molecule has 0 bridgehead atoms. The molecule has 2 amide bonds. The number of benzene rings is 1. The molecule has 3 rings (SSSR count). The standard InChI is InChI=1S/C20H27N3O5S/c1-3-11-21-14-15-23(20(25)19(21)24)16-9-12-22(13-10-16)29(26,27)18-7-5-17(6-8-18)28-4-2/h3,5-8,16H,1,4,9-15H2,2H3. The van der Waals surface area contributed by atoms with Crippen molar-refractivity contribution >= 4 is 21.8 Å². The highest BCUT2D eigenvalue weighted by atomic mass is 32.2. The first-order chi connectivity index (χ1) is 13.9. The maximum atomic E-state index is 12.9. The zero-order valence-electron chi connectivity index (χ0n) is 16.6. The van der Waals surface area contributed by atoms with Crippen molar-refractivity contribution in [3.8, 4) is 5.75 Å². The zero-order chi connectivity index (χ0) is 21.0. The number of carbonyl (C=O) groups is 2. The lowest BCUT2D eigenvalue weighted by atomic mass is 10.0. The maximum absolute atomic E-state index is 12.9. The highest BCUT2D eigenvalue weighted by Crippen LogP contribution is 2.25. The van der Waals surface area contributed by atoms with Crippen LogP contribution in [0.1, 0.15) is 19.8 Å². The molecule has 2 aliphatic heterocycles. The molecule has 0 unspecified atom stereocenters. The lowest BCUT2D eigenvalue weighted by Gasteiger charge is -2.41. The second-order valence-corrected chi connectivity index (χ2v) is 9.02. The third-order valence-electron chi connectivity index (χ3n) is 5.33. The van der Waals surface area contributed by atoms with Gasteiger partial charge in [-0.1, -0.05) is 6.08 Å². The van der Waals surface area contributed by atoms with E-state index in [9.17, 15) is 18.0 Å². The van der Waals surface area contributed by atoms with Crippen LogP contribution >= 0.6 is 0 Å². The van der Waals surface area contributed by atoms with E-state index in [2.05, 4.69) is 6.58 Å². The van der Waals surface area contributed by atoms with Crippen LogP contribution < -0.4 is 4.74 Å². The third kappa shape index (κ3) is 4.45. The van der Waals surface area contributed by atoms with Gasteiger partial charge in [0.25, 0.3) is 0 Å². The number of sulfonamides is 1. The van der Waals surface area contributed by atoms with Gasteiger partial charge in [-0.25, -0.2) is 8.42 Å². The van der Waals surface area contributed by atoms with Crippen molar-refractivity contribution in [3.63, 3.8) is 0 Å². The van der Waals surface area contributed by atoms with E-state index in [1.54, 1.807) is 35.2 Å². The van der Waals surface area contributed by atoms with E-state index in [0.717, 1.165) is 0 Å². The molecular weight excluding hydrogens is 394 g/mol. The van der Waals surface area contributed by atoms with E-state index in [4.69, 9.17) is 4.74 Å². The molecule has 0 aromatic heterocycles. The van der Waals surface area contributed by atoms with Gasteiger partial charge in [-0.05, 0) is 44.0 Å². The molecule has 2 aliphatic rings. The first kappa shape index (κ1) is 21.3. The molecule has 1 aromatic carbocycles. The Balaban J connectivity index is 1.62. The number of piperidine rings is 1. The molecule has 2 heterocycles. The second-order valence-electron chi connectivity index (χ2n) is 7.08. The molecule has 9 heteroatoms. The van der Waals surface area contributed by atoms with E-state index in [1.165, 1.54) is 9.21 Å². The Hall–Kier alpha value is -2.39. The number of carbonyl (C=O) groups excluding carboxylic acids is 2. The van der Waals surface area contributed by atoms with E-state index in [1.807, 2.05) is 6.92 Å². The Morgan fingerprint density at radius 3 is 2.31 bits per heavy atom. The molecule has 0 saturated carbocycles. The van der Waals surface area contributed by atoms with Crippen LogP contribution in [0.15, 0.2) is 41.8 Å². The Morgan fingerprint density at radius 1 is 1.07 bits per heavy atom. The van der Waals surface area contributed by atoms with Gasteiger partial charge in [-0.3, -0.25) is 9.59 Å². The van der Waals surface area contributed by atoms with Crippen LogP contribution in [0.4, 0.5) is 0 Å². The van der Waals surface area contributed by atoms with Gasteiger partial charge in [-0.15, -0.1) is 6.58 Å². The SMILES string of the molecule is C=CCN1CCN(C2CCN(S(=O)(=O)c3ccc(OCC)cc3)CC2)C(=O)C1=O. The van der Waals surface area contributed by atoms with Gasteiger partial charge in [0, 0.05) is 38.8 Å². The van der Waals surface area contributed by atoms with E-state index in [0.29, 0.717) is 57.9 Å². The van der Waals surface area contributed by atoms with Gasteiger partial charge in [0.2, 0.25) is 10.0 Å². The average Bonchev–Trinajstić information content (AvgIpc) is 2.72. The van der Waals surface area contributed by atoms with Gasteiger partial charge >= 0.3 is 11.8 Å². The number of hydrogen-bond donors (Lipinski definition) is 0. The minimum Gasteiger partial charge on any atom is -0.494 e. The molecule has 2 fully saturated rings. The summed E-state index contributed by atoms with van der Waals surface area (Å²) in [6.45, 7) is 7.92. The fourth-order valence-corrected chi connectivity index (χ4v) is 5.26. The molecule has 0 N–H and O–H groups in total. The van der Waals surface area contributed by atoms with Crippen molar-refractivity contribution in [2.24, 2.45) is 0 Å². The summed E-state index contributed by atoms with van der Waals surface area (Å²) in [6, 6.07) is 6.27. The highest BCUT2D eigenvalue weighted by molar-refractivity contribution is 7.89. The normalized spacial score (nSPS) is 19.5. The van der Waals surface area contributed by atoms with Gasteiger partial charge in [0.1, 0.15) is 5.75 Å². The van der Waals surface area contributed by atoms with Gasteiger partial charge in [-0.2, -0.15) is 4.31 Å². The summed E-state index contributed by atoms with van der Waals surface area (Å²) >= 11 is 0. The largest absolute Gasteiger partial charge is 0.494 e. The molecule has 2 saturated heterocycles. The number of ether oxygens (including phenoxy) is 1. The number of hydrogen-bond acceptors (Lipinski definition) is 5. The van der Waals surface area contributed by atoms with Crippen LogP contribution in [0.5, 0.6) is 5.75 Å². The molecule has 0 aliphatic carbocycles. The van der Waals surface area contributed by atoms with Crippen LogP contribution in [0, 0.1) is 0 Å². The van der Waals surface area contributed by atoms with Gasteiger partial charge in [0.15, 0.2) is 0 Å². The lowest BCUT2D eigenvalue weighted by molar-refractivity contribution is -0.157. The molecule has 1 aromatic rings. The van der Waals surface area contributed by atoms with Crippen molar-refractivity contribution in [3.05, 3.63) is 36.9 Å². The van der Waals surface area contributed by atoms with Crippen molar-refractivity contribution in [1.29, 1.82) is 0 Å². The smallest absolute Gasteiger partial charge is 0.312 e. The fourth-order valence-electron chi connectivity index (χ4n) is 3.79. The van der Waals surface area contributed by atoms with Gasteiger partial charge < -0.3 is 14.5 Å². The van der Waals surface area contributed by atoms with Crippen LogP contribution in [0.25, 0.3) is 0 Å². The van der Waals surface area contributed by atoms with Crippen molar-refractivity contribution in [2.45, 2.75) is 30.7 Å². The Morgan fingerprint density at radius 2 is 1.72 bits per heavy atom. The Labute approximate surface area is 171 Å². The number of rotatable bonds is 7. The summed E-state index contributed by atoms with van der Waals surface area (Å²) in [4.78, 5) is 28.0. The predicted molar refractivity (Wildman–Crippen MR) is 108 cm³/mol. The number of nitrogens with zero attached hydrogens (tertiary/aromatic N) is 3. The molecule has 0 radical (unpaired) electrons. The zero-order valence-corrected chi connectivity index (χ0v) is 17.4. The van der Waals surface area contributed by atoms with Crippen molar-refractivity contribution < 1.29 is 22.7 Å². The predicted octanol–water partition coefficient (Wildman–Crippen LogP) is 1.10. The molecular formula is C20H27N3O5S. The molecule has 0 atom stereocenters. The van der Waals surface area contributed by atoms with Crippen LogP contribution in [-0.4, -0.2) is 79.7 Å². The lowest BCUT2D eigenvalue weighted by Crippen LogP contribution is -2.59. The summed E-state index contributed by atoms with van der Waals surface area (Å²) in [5, 5.41) is 0. The second kappa shape index (κ2) is 8.96. The topological polar surface area (TPSA) is 87.2 Å². The number of amides is 2. The molecule has 0 spiro atoms. The summed E-state index contributed by atoms with van der Waals surface area (Å²) in [7, 11) is -3.60. The van der Waals surface area contributed by atoms with E-state index in [-0.39, 0.29) is 10.9 Å². The quantitative estimate of drug-likeness (QED) is 0.486. The summed E-state index contributed by atoms with van der Waals surface area (Å²) in [5.41, 5.74) is 0. The first-order valence-electron chi connectivity index (χ1n) is 9.82. The van der Waals surface area contributed by atoms with E-state index >= 15 is 0 Å². The summed E-state index contributed by atoms with van der Waals surface area (Å²) in [6.07, 6.45) is 2.62. The third-order valence-corrected chi connectivity index (χ3v) is 7.24. The highest BCUT2D eigenvalue weighted by Gasteiger charge is 2.38.